The Bertz CT molecular complexity index is 712. The van der Waals surface area contributed by atoms with Crippen molar-refractivity contribution in [3.63, 3.8) is 0 Å². The van der Waals surface area contributed by atoms with Gasteiger partial charge in [0.15, 0.2) is 0 Å². The SMILES string of the molecule is CN(C(=O)c1cncc(C#N)c1)c1cc(Br)ccc1F. The van der Waals surface area contributed by atoms with E-state index in [1.807, 2.05) is 6.07 Å². The predicted octanol–water partition coefficient (Wildman–Crippen LogP) is 3.13. The molecule has 0 aliphatic carbocycles. The molecule has 0 spiro atoms. The second-order valence-corrected chi connectivity index (χ2v) is 4.95. The number of nitriles is 1. The van der Waals surface area contributed by atoms with Crippen molar-refractivity contribution in [2.24, 2.45) is 0 Å². The fourth-order valence-electron chi connectivity index (χ4n) is 1.66. The summed E-state index contributed by atoms with van der Waals surface area (Å²) in [4.78, 5) is 17.3. The molecule has 100 valence electrons. The van der Waals surface area contributed by atoms with E-state index in [1.54, 1.807) is 6.07 Å². The normalized spacial score (nSPS) is 9.90. The molecule has 0 fully saturated rings. The van der Waals surface area contributed by atoms with Gasteiger partial charge >= 0.3 is 0 Å². The second kappa shape index (κ2) is 5.80. The molecule has 0 unspecified atom stereocenters. The Morgan fingerprint density at radius 3 is 2.85 bits per heavy atom. The van der Waals surface area contributed by atoms with E-state index in [-0.39, 0.29) is 16.8 Å². The van der Waals surface area contributed by atoms with Crippen LogP contribution >= 0.6 is 15.9 Å². The van der Waals surface area contributed by atoms with Crippen molar-refractivity contribution < 1.29 is 9.18 Å². The van der Waals surface area contributed by atoms with Crippen LogP contribution in [0.5, 0.6) is 0 Å². The zero-order chi connectivity index (χ0) is 14.7. The molecule has 1 amide bonds. The molecule has 0 saturated carbocycles. The number of hydrogen-bond acceptors (Lipinski definition) is 3. The van der Waals surface area contributed by atoms with Crippen molar-refractivity contribution in [1.29, 1.82) is 5.26 Å². The van der Waals surface area contributed by atoms with E-state index in [9.17, 15) is 9.18 Å². The van der Waals surface area contributed by atoms with Gasteiger partial charge in [0.05, 0.1) is 16.8 Å². The molecule has 0 saturated heterocycles. The van der Waals surface area contributed by atoms with Gasteiger partial charge in [-0.3, -0.25) is 9.78 Å². The Balaban J connectivity index is 2.37. The maximum absolute atomic E-state index is 13.8. The molecule has 1 aromatic carbocycles. The molecule has 0 radical (unpaired) electrons. The maximum atomic E-state index is 13.8. The monoisotopic (exact) mass is 333 g/mol. The van der Waals surface area contributed by atoms with E-state index < -0.39 is 11.7 Å². The molecule has 0 bridgehead atoms. The van der Waals surface area contributed by atoms with Gasteiger partial charge in [0.1, 0.15) is 11.9 Å². The molecule has 0 atom stereocenters. The Morgan fingerprint density at radius 1 is 1.40 bits per heavy atom. The Kier molecular flexibility index (Phi) is 4.11. The average Bonchev–Trinajstić information content (AvgIpc) is 2.48. The van der Waals surface area contributed by atoms with Crippen molar-refractivity contribution in [1.82, 2.24) is 4.98 Å². The van der Waals surface area contributed by atoms with Crippen molar-refractivity contribution in [2.75, 3.05) is 11.9 Å². The van der Waals surface area contributed by atoms with E-state index in [0.29, 0.717) is 4.47 Å². The van der Waals surface area contributed by atoms with Gasteiger partial charge in [-0.25, -0.2) is 4.39 Å². The van der Waals surface area contributed by atoms with Gasteiger partial charge in [0, 0.05) is 23.9 Å². The van der Waals surface area contributed by atoms with Crippen molar-refractivity contribution >= 4 is 27.5 Å². The predicted molar refractivity (Wildman–Crippen MR) is 75.8 cm³/mol. The van der Waals surface area contributed by atoms with Gasteiger partial charge in [-0.05, 0) is 24.3 Å². The van der Waals surface area contributed by atoms with Crippen LogP contribution in [0.2, 0.25) is 0 Å². The van der Waals surface area contributed by atoms with Crippen LogP contribution in [0.3, 0.4) is 0 Å². The highest BCUT2D eigenvalue weighted by Crippen LogP contribution is 2.24. The zero-order valence-electron chi connectivity index (χ0n) is 10.5. The lowest BCUT2D eigenvalue weighted by Gasteiger charge is -2.18. The minimum atomic E-state index is -0.506. The number of rotatable bonds is 2. The third-order valence-electron chi connectivity index (χ3n) is 2.69. The summed E-state index contributed by atoms with van der Waals surface area (Å²) >= 11 is 3.23. The fourth-order valence-corrected chi connectivity index (χ4v) is 2.01. The third kappa shape index (κ3) is 2.83. The average molecular weight is 334 g/mol. The fraction of sp³-hybridized carbons (Fsp3) is 0.0714. The molecule has 4 nitrogen and oxygen atoms in total. The van der Waals surface area contributed by atoms with Crippen LogP contribution < -0.4 is 4.90 Å². The molecule has 0 aliphatic heterocycles. The van der Waals surface area contributed by atoms with Crippen LogP contribution in [0.15, 0.2) is 41.1 Å². The van der Waals surface area contributed by atoms with Crippen LogP contribution in [0.25, 0.3) is 0 Å². The minimum Gasteiger partial charge on any atom is -0.309 e. The number of pyridine rings is 1. The summed E-state index contributed by atoms with van der Waals surface area (Å²) in [5.41, 5.74) is 0.650. The molecule has 20 heavy (non-hydrogen) atoms. The van der Waals surface area contributed by atoms with E-state index in [4.69, 9.17) is 5.26 Å². The van der Waals surface area contributed by atoms with E-state index in [1.165, 1.54) is 42.5 Å². The van der Waals surface area contributed by atoms with Crippen molar-refractivity contribution in [3.05, 3.63) is 58.1 Å². The lowest BCUT2D eigenvalue weighted by atomic mass is 10.2. The molecule has 2 aromatic rings. The van der Waals surface area contributed by atoms with Crippen molar-refractivity contribution in [3.8, 4) is 6.07 Å². The number of hydrogen-bond donors (Lipinski definition) is 0. The number of halogens is 2. The largest absolute Gasteiger partial charge is 0.309 e. The summed E-state index contributed by atoms with van der Waals surface area (Å²) < 4.78 is 14.4. The summed E-state index contributed by atoms with van der Waals surface area (Å²) in [6.07, 6.45) is 2.70. The number of benzene rings is 1. The van der Waals surface area contributed by atoms with Crippen molar-refractivity contribution in [2.45, 2.75) is 0 Å². The highest BCUT2D eigenvalue weighted by atomic mass is 79.9. The Labute approximate surface area is 123 Å². The molecule has 0 aliphatic rings. The van der Waals surface area contributed by atoms with E-state index >= 15 is 0 Å². The smallest absolute Gasteiger partial charge is 0.259 e. The summed E-state index contributed by atoms with van der Waals surface area (Å²) in [7, 11) is 1.46. The second-order valence-electron chi connectivity index (χ2n) is 4.03. The van der Waals surface area contributed by atoms with Crippen LogP contribution in [-0.4, -0.2) is 17.9 Å². The van der Waals surface area contributed by atoms with Crippen LogP contribution in [0.4, 0.5) is 10.1 Å². The van der Waals surface area contributed by atoms with Gasteiger partial charge < -0.3 is 4.90 Å². The summed E-state index contributed by atoms with van der Waals surface area (Å²) in [6.45, 7) is 0. The van der Waals surface area contributed by atoms with Crippen LogP contribution in [0.1, 0.15) is 15.9 Å². The van der Waals surface area contributed by atoms with Gasteiger partial charge in [0.25, 0.3) is 5.91 Å². The molecular formula is C14H9BrFN3O. The van der Waals surface area contributed by atoms with Crippen LogP contribution in [0, 0.1) is 17.1 Å². The van der Waals surface area contributed by atoms with E-state index in [0.717, 1.165) is 0 Å². The number of carbonyl (C=O) groups is 1. The highest BCUT2D eigenvalue weighted by Gasteiger charge is 2.17. The lowest BCUT2D eigenvalue weighted by Crippen LogP contribution is -2.27. The van der Waals surface area contributed by atoms with Gasteiger partial charge in [-0.1, -0.05) is 15.9 Å². The minimum absolute atomic E-state index is 0.145. The first kappa shape index (κ1) is 14.2. The number of anilines is 1. The van der Waals surface area contributed by atoms with Gasteiger partial charge in [0.2, 0.25) is 0 Å². The Morgan fingerprint density at radius 2 is 2.15 bits per heavy atom. The zero-order valence-corrected chi connectivity index (χ0v) is 12.1. The van der Waals surface area contributed by atoms with Crippen LogP contribution in [-0.2, 0) is 0 Å². The maximum Gasteiger partial charge on any atom is 0.259 e. The first-order valence-electron chi connectivity index (χ1n) is 5.61. The Hall–Kier alpha value is -2.26. The molecular weight excluding hydrogens is 325 g/mol. The highest BCUT2D eigenvalue weighted by molar-refractivity contribution is 9.10. The first-order valence-corrected chi connectivity index (χ1v) is 6.40. The van der Waals surface area contributed by atoms with Gasteiger partial charge in [-0.2, -0.15) is 5.26 Å². The summed E-state index contributed by atoms with van der Waals surface area (Å²) in [5, 5.41) is 8.80. The number of nitrogens with zero attached hydrogens (tertiary/aromatic N) is 3. The van der Waals surface area contributed by atoms with E-state index in [2.05, 4.69) is 20.9 Å². The quantitative estimate of drug-likeness (QED) is 0.848. The molecule has 2 rings (SSSR count). The third-order valence-corrected chi connectivity index (χ3v) is 3.18. The number of carbonyl (C=O) groups excluding carboxylic acids is 1. The summed E-state index contributed by atoms with van der Waals surface area (Å²) in [5.74, 6) is -0.944. The molecule has 0 N–H and O–H groups in total. The molecule has 1 aromatic heterocycles. The first-order chi connectivity index (χ1) is 9.52. The molecule has 1 heterocycles. The number of aromatic nitrogens is 1. The lowest BCUT2D eigenvalue weighted by molar-refractivity contribution is 0.0992. The summed E-state index contributed by atoms with van der Waals surface area (Å²) in [6, 6.07) is 7.66. The van der Waals surface area contributed by atoms with Gasteiger partial charge in [-0.15, -0.1) is 0 Å². The topological polar surface area (TPSA) is 57.0 Å². The number of amides is 1. The molecule has 6 heteroatoms. The standard InChI is InChI=1S/C14H9BrFN3O/c1-19(13-5-11(15)2-3-12(13)16)14(20)10-4-9(6-17)7-18-8-10/h2-5,7-8H,1H3.